The molecule has 1 aliphatic rings. The van der Waals surface area contributed by atoms with Gasteiger partial charge in [0.1, 0.15) is 5.82 Å². The molecule has 2 aromatic rings. The van der Waals surface area contributed by atoms with Crippen molar-refractivity contribution in [3.8, 4) is 0 Å². The van der Waals surface area contributed by atoms with Crippen molar-refractivity contribution >= 4 is 23.0 Å². The van der Waals surface area contributed by atoms with Gasteiger partial charge in [0.25, 0.3) is 0 Å². The monoisotopic (exact) mass is 290 g/mol. The Balaban J connectivity index is 1.91. The molecule has 1 unspecified atom stereocenters. The van der Waals surface area contributed by atoms with Crippen LogP contribution in [-0.4, -0.2) is 12.6 Å². The van der Waals surface area contributed by atoms with Crippen molar-refractivity contribution in [2.24, 2.45) is 0 Å². The molecule has 0 saturated carbocycles. The largest absolute Gasteiger partial charge is 0.381 e. The summed E-state index contributed by atoms with van der Waals surface area (Å²) >= 11 is 5.86. The van der Waals surface area contributed by atoms with Gasteiger partial charge in [-0.05, 0) is 36.8 Å². The molecule has 2 nitrogen and oxygen atoms in total. The van der Waals surface area contributed by atoms with Crippen molar-refractivity contribution in [2.75, 3.05) is 16.8 Å². The highest BCUT2D eigenvalue weighted by atomic mass is 35.5. The molecule has 2 aromatic carbocycles. The minimum absolute atomic E-state index is 0.179. The molecule has 3 rings (SSSR count). The highest BCUT2D eigenvalue weighted by Gasteiger charge is 2.22. The van der Waals surface area contributed by atoms with Crippen LogP contribution in [0.3, 0.4) is 0 Å². The summed E-state index contributed by atoms with van der Waals surface area (Å²) in [6.07, 6.45) is 0. The molecule has 20 heavy (non-hydrogen) atoms. The molecule has 0 amide bonds. The highest BCUT2D eigenvalue weighted by molar-refractivity contribution is 6.30. The molecule has 0 spiro atoms. The first-order chi connectivity index (χ1) is 9.65. The van der Waals surface area contributed by atoms with Crippen LogP contribution in [-0.2, 0) is 6.54 Å². The van der Waals surface area contributed by atoms with Crippen molar-refractivity contribution in [3.05, 3.63) is 58.9 Å². The molecule has 0 aliphatic carbocycles. The lowest BCUT2D eigenvalue weighted by Gasteiger charge is -2.37. The third kappa shape index (κ3) is 2.46. The number of nitrogens with one attached hydrogen (secondary N) is 1. The molecule has 0 bridgehead atoms. The minimum Gasteiger partial charge on any atom is -0.381 e. The summed E-state index contributed by atoms with van der Waals surface area (Å²) in [5.41, 5.74) is 3.32. The van der Waals surface area contributed by atoms with Gasteiger partial charge in [0.15, 0.2) is 0 Å². The summed E-state index contributed by atoms with van der Waals surface area (Å²) in [4.78, 5) is 2.31. The molecule has 104 valence electrons. The molecule has 1 N–H and O–H groups in total. The van der Waals surface area contributed by atoms with E-state index in [4.69, 9.17) is 11.6 Å². The van der Waals surface area contributed by atoms with E-state index < -0.39 is 0 Å². The van der Waals surface area contributed by atoms with Crippen molar-refractivity contribution in [1.29, 1.82) is 0 Å². The summed E-state index contributed by atoms with van der Waals surface area (Å²) < 4.78 is 13.2. The Morgan fingerprint density at radius 1 is 1.30 bits per heavy atom. The number of hydrogen-bond donors (Lipinski definition) is 1. The fourth-order valence-corrected chi connectivity index (χ4v) is 2.76. The van der Waals surface area contributed by atoms with Crippen LogP contribution in [0.5, 0.6) is 0 Å². The number of anilines is 2. The molecule has 1 heterocycles. The summed E-state index contributed by atoms with van der Waals surface area (Å²) in [5, 5.41) is 3.60. The van der Waals surface area contributed by atoms with Gasteiger partial charge in [-0.2, -0.15) is 0 Å². The number of hydrogen-bond acceptors (Lipinski definition) is 2. The molecule has 0 aromatic heterocycles. The van der Waals surface area contributed by atoms with Crippen LogP contribution in [0.1, 0.15) is 12.5 Å². The van der Waals surface area contributed by atoms with E-state index in [1.54, 1.807) is 12.1 Å². The lowest BCUT2D eigenvalue weighted by molar-refractivity contribution is 0.622. The maximum atomic E-state index is 13.2. The molecule has 1 aliphatic heterocycles. The zero-order valence-electron chi connectivity index (χ0n) is 11.2. The van der Waals surface area contributed by atoms with E-state index in [1.807, 2.05) is 12.1 Å². The third-order valence-corrected chi connectivity index (χ3v) is 3.96. The Morgan fingerprint density at radius 2 is 2.10 bits per heavy atom. The molecule has 4 heteroatoms. The van der Waals surface area contributed by atoms with Crippen molar-refractivity contribution in [3.63, 3.8) is 0 Å². The van der Waals surface area contributed by atoms with Crippen molar-refractivity contribution < 1.29 is 4.39 Å². The first-order valence-electron chi connectivity index (χ1n) is 6.68. The maximum absolute atomic E-state index is 13.2. The van der Waals surface area contributed by atoms with E-state index in [2.05, 4.69) is 29.3 Å². The van der Waals surface area contributed by atoms with E-state index in [0.717, 1.165) is 24.3 Å². The number of nitrogens with zero attached hydrogens (tertiary/aromatic N) is 1. The average molecular weight is 291 g/mol. The van der Waals surface area contributed by atoms with E-state index in [-0.39, 0.29) is 10.8 Å². The van der Waals surface area contributed by atoms with Crippen LogP contribution >= 0.6 is 11.6 Å². The van der Waals surface area contributed by atoms with E-state index in [9.17, 15) is 4.39 Å². The van der Waals surface area contributed by atoms with Gasteiger partial charge in [-0.1, -0.05) is 29.8 Å². The summed E-state index contributed by atoms with van der Waals surface area (Å²) in [6.45, 7) is 3.79. The molecular formula is C16H16ClFN2. The topological polar surface area (TPSA) is 15.3 Å². The summed E-state index contributed by atoms with van der Waals surface area (Å²) in [5.74, 6) is -0.371. The Labute approximate surface area is 123 Å². The number of fused-ring (bicyclic) bond motifs is 1. The summed E-state index contributed by atoms with van der Waals surface area (Å²) in [7, 11) is 0. The Hall–Kier alpha value is -1.74. The Kier molecular flexibility index (Phi) is 3.53. The lowest BCUT2D eigenvalue weighted by atomic mass is 10.1. The molecular weight excluding hydrogens is 275 g/mol. The standard InChI is InChI=1S/C16H16ClFN2/c1-11-9-19-15-4-2-3-5-16(15)20(11)10-12-6-7-14(18)13(17)8-12/h2-8,11,19H,9-10H2,1H3. The Bertz CT molecular complexity index is 630. The van der Waals surface area contributed by atoms with Gasteiger partial charge >= 0.3 is 0 Å². The van der Waals surface area contributed by atoms with Gasteiger partial charge in [0, 0.05) is 19.1 Å². The smallest absolute Gasteiger partial charge is 0.141 e. The maximum Gasteiger partial charge on any atom is 0.141 e. The fourth-order valence-electron chi connectivity index (χ4n) is 2.55. The molecule has 0 saturated heterocycles. The van der Waals surface area contributed by atoms with Crippen LogP contribution in [0.2, 0.25) is 5.02 Å². The van der Waals surface area contributed by atoms with Gasteiger partial charge in [0.2, 0.25) is 0 Å². The number of benzene rings is 2. The normalized spacial score (nSPS) is 17.6. The highest BCUT2D eigenvalue weighted by Crippen LogP contribution is 2.32. The fraction of sp³-hybridized carbons (Fsp3) is 0.250. The molecule has 0 fully saturated rings. The lowest BCUT2D eigenvalue weighted by Crippen LogP contribution is -2.41. The van der Waals surface area contributed by atoms with Crippen LogP contribution in [0.25, 0.3) is 0 Å². The second-order valence-electron chi connectivity index (χ2n) is 5.12. The van der Waals surface area contributed by atoms with Crippen LogP contribution < -0.4 is 10.2 Å². The van der Waals surface area contributed by atoms with Gasteiger partial charge in [-0.25, -0.2) is 4.39 Å². The van der Waals surface area contributed by atoms with E-state index in [1.165, 1.54) is 11.8 Å². The van der Waals surface area contributed by atoms with Crippen LogP contribution in [0.4, 0.5) is 15.8 Å². The third-order valence-electron chi connectivity index (χ3n) is 3.67. The zero-order valence-corrected chi connectivity index (χ0v) is 12.0. The molecule has 1 atom stereocenters. The van der Waals surface area contributed by atoms with E-state index in [0.29, 0.717) is 6.04 Å². The average Bonchev–Trinajstić information content (AvgIpc) is 2.46. The summed E-state index contributed by atoms with van der Waals surface area (Å²) in [6, 6.07) is 13.5. The predicted molar refractivity (Wildman–Crippen MR) is 82.0 cm³/mol. The van der Waals surface area contributed by atoms with Gasteiger partial charge in [0.05, 0.1) is 16.4 Å². The number of para-hydroxylation sites is 2. The van der Waals surface area contributed by atoms with Crippen LogP contribution in [0, 0.1) is 5.82 Å². The quantitative estimate of drug-likeness (QED) is 0.887. The van der Waals surface area contributed by atoms with Crippen LogP contribution in [0.15, 0.2) is 42.5 Å². The Morgan fingerprint density at radius 3 is 2.90 bits per heavy atom. The van der Waals surface area contributed by atoms with Gasteiger partial charge < -0.3 is 10.2 Å². The predicted octanol–water partition coefficient (Wildman–Crippen LogP) is 4.30. The second-order valence-corrected chi connectivity index (χ2v) is 5.53. The minimum atomic E-state index is -0.371. The van der Waals surface area contributed by atoms with Crippen molar-refractivity contribution in [2.45, 2.75) is 19.5 Å². The first kappa shape index (κ1) is 13.3. The van der Waals surface area contributed by atoms with Gasteiger partial charge in [-0.3, -0.25) is 0 Å². The van der Waals surface area contributed by atoms with Gasteiger partial charge in [-0.15, -0.1) is 0 Å². The van der Waals surface area contributed by atoms with Crippen molar-refractivity contribution in [1.82, 2.24) is 0 Å². The number of rotatable bonds is 2. The molecule has 0 radical (unpaired) electrons. The first-order valence-corrected chi connectivity index (χ1v) is 7.06. The van der Waals surface area contributed by atoms with E-state index >= 15 is 0 Å². The number of halogens is 2. The zero-order chi connectivity index (χ0) is 14.1. The SMILES string of the molecule is CC1CNc2ccccc2N1Cc1ccc(F)c(Cl)c1. The second kappa shape index (κ2) is 5.33.